The summed E-state index contributed by atoms with van der Waals surface area (Å²) in [5.41, 5.74) is 0. The second-order valence-electron chi connectivity index (χ2n) is 2.16. The maximum absolute atomic E-state index is 10.2. The summed E-state index contributed by atoms with van der Waals surface area (Å²) in [6.45, 7) is 4.28. The molecule has 0 saturated carbocycles. The van der Waals surface area contributed by atoms with Gasteiger partial charge in [-0.2, -0.15) is 0 Å². The van der Waals surface area contributed by atoms with Gasteiger partial charge in [-0.3, -0.25) is 4.79 Å². The van der Waals surface area contributed by atoms with Gasteiger partial charge in [-0.25, -0.2) is 0 Å². The first-order valence-corrected chi connectivity index (χ1v) is 3.04. The average Bonchev–Trinajstić information content (AvgIpc) is 1.82. The molecule has 3 nitrogen and oxygen atoms in total. The molecular weight excluding hydrogens is 118 g/mol. The van der Waals surface area contributed by atoms with Gasteiger partial charge in [-0.1, -0.05) is 0 Å². The lowest BCUT2D eigenvalue weighted by atomic mass is 10.3. The molecule has 0 spiro atoms. The fourth-order valence-electron chi connectivity index (χ4n) is 0.548. The van der Waals surface area contributed by atoms with Gasteiger partial charge in [-0.05, 0) is 13.8 Å². The minimum absolute atomic E-state index is 0.0386. The second-order valence-corrected chi connectivity index (χ2v) is 2.16. The van der Waals surface area contributed by atoms with Crippen molar-refractivity contribution in [3.63, 3.8) is 0 Å². The topological polar surface area (TPSA) is 40.5 Å². The van der Waals surface area contributed by atoms with E-state index in [9.17, 15) is 4.79 Å². The Bertz CT molecular complexity index is 83.1. The van der Waals surface area contributed by atoms with Crippen LogP contribution in [0.3, 0.4) is 0 Å². The molecule has 0 aromatic heterocycles. The third-order valence-corrected chi connectivity index (χ3v) is 1.16. The molecule has 9 heavy (non-hydrogen) atoms. The van der Waals surface area contributed by atoms with Crippen LogP contribution in [0.15, 0.2) is 0 Å². The summed E-state index contributed by atoms with van der Waals surface area (Å²) in [5.74, 6) is 0. The van der Waals surface area contributed by atoms with Gasteiger partial charge in [-0.15, -0.1) is 0 Å². The maximum atomic E-state index is 10.2. The van der Waals surface area contributed by atoms with Crippen LogP contribution in [-0.2, 0) is 4.79 Å². The van der Waals surface area contributed by atoms with E-state index in [1.54, 1.807) is 4.90 Å². The van der Waals surface area contributed by atoms with Crippen molar-refractivity contribution in [3.8, 4) is 0 Å². The number of hydrogen-bond acceptors (Lipinski definition) is 2. The van der Waals surface area contributed by atoms with Crippen LogP contribution in [0, 0.1) is 0 Å². The summed E-state index contributed by atoms with van der Waals surface area (Å²) in [7, 11) is 0. The van der Waals surface area contributed by atoms with Crippen molar-refractivity contribution in [2.24, 2.45) is 0 Å². The van der Waals surface area contributed by atoms with Crippen molar-refractivity contribution in [2.45, 2.75) is 19.9 Å². The molecule has 0 aromatic carbocycles. The highest BCUT2D eigenvalue weighted by Gasteiger charge is 2.02. The van der Waals surface area contributed by atoms with E-state index in [4.69, 9.17) is 5.11 Å². The molecule has 0 aromatic rings. The Balaban J connectivity index is 3.54. The van der Waals surface area contributed by atoms with E-state index in [1.165, 1.54) is 0 Å². The maximum Gasteiger partial charge on any atom is 0.210 e. The first-order chi connectivity index (χ1) is 4.22. The summed E-state index contributed by atoms with van der Waals surface area (Å²) >= 11 is 0. The van der Waals surface area contributed by atoms with Crippen molar-refractivity contribution < 1.29 is 9.90 Å². The van der Waals surface area contributed by atoms with Gasteiger partial charge in [0.15, 0.2) is 0 Å². The van der Waals surface area contributed by atoms with E-state index < -0.39 is 0 Å². The minimum Gasteiger partial charge on any atom is -0.395 e. The molecule has 0 heterocycles. The lowest BCUT2D eigenvalue weighted by Crippen LogP contribution is -2.31. The third-order valence-electron chi connectivity index (χ3n) is 1.16. The van der Waals surface area contributed by atoms with Crippen LogP contribution in [0.25, 0.3) is 0 Å². The number of rotatable bonds is 4. The third kappa shape index (κ3) is 3.08. The Morgan fingerprint density at radius 1 is 1.67 bits per heavy atom. The van der Waals surface area contributed by atoms with Gasteiger partial charge < -0.3 is 10.0 Å². The highest BCUT2D eigenvalue weighted by molar-refractivity contribution is 5.47. The van der Waals surface area contributed by atoms with E-state index in [1.807, 2.05) is 13.8 Å². The first-order valence-electron chi connectivity index (χ1n) is 3.04. The summed E-state index contributed by atoms with van der Waals surface area (Å²) in [4.78, 5) is 11.7. The number of carbonyl (C=O) groups is 1. The molecule has 0 saturated heterocycles. The summed E-state index contributed by atoms with van der Waals surface area (Å²) < 4.78 is 0. The monoisotopic (exact) mass is 131 g/mol. The molecule has 0 rings (SSSR count). The van der Waals surface area contributed by atoms with Crippen LogP contribution < -0.4 is 0 Å². The fraction of sp³-hybridized carbons (Fsp3) is 0.833. The predicted molar refractivity (Wildman–Crippen MR) is 35.0 cm³/mol. The molecule has 0 radical (unpaired) electrons. The van der Waals surface area contributed by atoms with E-state index >= 15 is 0 Å². The number of carbonyl (C=O) groups excluding carboxylic acids is 1. The van der Waals surface area contributed by atoms with Gasteiger partial charge in [0.05, 0.1) is 6.61 Å². The summed E-state index contributed by atoms with van der Waals surface area (Å²) in [6.07, 6.45) is 0.751. The lowest BCUT2D eigenvalue weighted by molar-refractivity contribution is -0.120. The van der Waals surface area contributed by atoms with Crippen LogP contribution in [0.1, 0.15) is 13.8 Å². The van der Waals surface area contributed by atoms with E-state index in [0.29, 0.717) is 6.54 Å². The highest BCUT2D eigenvalue weighted by atomic mass is 16.3. The molecule has 54 valence electrons. The van der Waals surface area contributed by atoms with E-state index in [0.717, 1.165) is 6.41 Å². The largest absolute Gasteiger partial charge is 0.395 e. The number of hydrogen-bond donors (Lipinski definition) is 1. The zero-order valence-electron chi connectivity index (χ0n) is 5.87. The van der Waals surface area contributed by atoms with Crippen molar-refractivity contribution in [1.82, 2.24) is 4.90 Å². The zero-order chi connectivity index (χ0) is 7.28. The molecule has 1 amide bonds. The smallest absolute Gasteiger partial charge is 0.210 e. The Hall–Kier alpha value is -0.570. The predicted octanol–water partition coefficient (Wildman–Crippen LogP) is -0.155. The van der Waals surface area contributed by atoms with Gasteiger partial charge in [0.25, 0.3) is 0 Å². The van der Waals surface area contributed by atoms with Gasteiger partial charge >= 0.3 is 0 Å². The molecule has 0 atom stereocenters. The van der Waals surface area contributed by atoms with Crippen LogP contribution in [0.2, 0.25) is 0 Å². The van der Waals surface area contributed by atoms with Crippen LogP contribution >= 0.6 is 0 Å². The minimum atomic E-state index is 0.0386. The SMILES string of the molecule is CC(C)N(C=O)CCO. The quantitative estimate of drug-likeness (QED) is 0.539. The van der Waals surface area contributed by atoms with Crippen molar-refractivity contribution in [1.29, 1.82) is 0 Å². The normalized spacial score (nSPS) is 9.78. The Morgan fingerprint density at radius 2 is 2.22 bits per heavy atom. The number of nitrogens with zero attached hydrogens (tertiary/aromatic N) is 1. The van der Waals surface area contributed by atoms with Crippen LogP contribution in [0.4, 0.5) is 0 Å². The molecule has 0 bridgehead atoms. The number of aliphatic hydroxyl groups is 1. The van der Waals surface area contributed by atoms with Crippen LogP contribution in [0.5, 0.6) is 0 Å². The second kappa shape index (κ2) is 4.32. The zero-order valence-corrected chi connectivity index (χ0v) is 5.87. The first kappa shape index (κ1) is 8.43. The highest BCUT2D eigenvalue weighted by Crippen LogP contribution is 1.90. The Morgan fingerprint density at radius 3 is 2.33 bits per heavy atom. The van der Waals surface area contributed by atoms with Gasteiger partial charge in [0.1, 0.15) is 0 Å². The van der Waals surface area contributed by atoms with Crippen molar-refractivity contribution in [2.75, 3.05) is 13.2 Å². The van der Waals surface area contributed by atoms with Crippen LogP contribution in [-0.4, -0.2) is 35.6 Å². The molecule has 0 fully saturated rings. The fourth-order valence-corrected chi connectivity index (χ4v) is 0.548. The molecular formula is C6H13NO2. The standard InChI is InChI=1S/C6H13NO2/c1-6(2)7(5-9)3-4-8/h5-6,8H,3-4H2,1-2H3. The molecule has 0 aliphatic carbocycles. The average molecular weight is 131 g/mol. The number of aliphatic hydroxyl groups excluding tert-OH is 1. The molecule has 0 aliphatic rings. The van der Waals surface area contributed by atoms with Crippen molar-refractivity contribution in [3.05, 3.63) is 0 Å². The molecule has 0 unspecified atom stereocenters. The Labute approximate surface area is 55.3 Å². The molecule has 3 heteroatoms. The molecule has 0 aliphatic heterocycles. The lowest BCUT2D eigenvalue weighted by Gasteiger charge is -2.19. The number of amides is 1. The van der Waals surface area contributed by atoms with E-state index in [2.05, 4.69) is 0 Å². The molecule has 1 N–H and O–H groups in total. The van der Waals surface area contributed by atoms with Gasteiger partial charge in [0, 0.05) is 12.6 Å². The van der Waals surface area contributed by atoms with E-state index in [-0.39, 0.29) is 12.6 Å². The Kier molecular flexibility index (Phi) is 4.05. The summed E-state index contributed by atoms with van der Waals surface area (Å²) in [5, 5.41) is 8.42. The van der Waals surface area contributed by atoms with Gasteiger partial charge in [0.2, 0.25) is 6.41 Å². The van der Waals surface area contributed by atoms with Crippen molar-refractivity contribution >= 4 is 6.41 Å². The summed E-state index contributed by atoms with van der Waals surface area (Å²) in [6, 6.07) is 0.189.